The average Bonchev–Trinajstić information content (AvgIpc) is 2.99. The van der Waals surface area contributed by atoms with Crippen molar-refractivity contribution in [3.8, 4) is 0 Å². The zero-order chi connectivity index (χ0) is 14.5. The highest BCUT2D eigenvalue weighted by Crippen LogP contribution is 2.24. The molecule has 7 heteroatoms. The van der Waals surface area contributed by atoms with Crippen LogP contribution in [-0.2, 0) is 9.47 Å². The summed E-state index contributed by atoms with van der Waals surface area (Å²) >= 11 is 1.51. The van der Waals surface area contributed by atoms with Crippen molar-refractivity contribution in [3.63, 3.8) is 0 Å². The number of aldehydes is 1. The number of hydrogen-bond acceptors (Lipinski definition) is 6. The molecule has 6 nitrogen and oxygen atoms in total. The van der Waals surface area contributed by atoms with Crippen LogP contribution in [0, 0.1) is 0 Å². The fraction of sp³-hybridized carbons (Fsp3) is 0.538. The molecular weight excluding hydrogens is 278 g/mol. The van der Waals surface area contributed by atoms with Crippen LogP contribution >= 0.6 is 11.3 Å². The van der Waals surface area contributed by atoms with Gasteiger partial charge in [-0.2, -0.15) is 0 Å². The molecule has 0 spiro atoms. The van der Waals surface area contributed by atoms with Crippen molar-refractivity contribution in [1.29, 1.82) is 0 Å². The van der Waals surface area contributed by atoms with Crippen molar-refractivity contribution in [1.82, 2.24) is 9.38 Å². The maximum atomic E-state index is 11.4. The normalized spacial score (nSPS) is 12.8. The number of anilines is 1. The summed E-state index contributed by atoms with van der Waals surface area (Å²) in [4.78, 5) is 18.8. The van der Waals surface area contributed by atoms with Crippen molar-refractivity contribution in [2.75, 3.05) is 38.9 Å². The van der Waals surface area contributed by atoms with E-state index in [2.05, 4.69) is 9.88 Å². The van der Waals surface area contributed by atoms with Gasteiger partial charge in [-0.3, -0.25) is 9.20 Å². The number of ether oxygens (including phenoxy) is 2. The first-order valence-corrected chi connectivity index (χ1v) is 7.26. The number of thiazole rings is 1. The van der Waals surface area contributed by atoms with Gasteiger partial charge in [-0.15, -0.1) is 11.3 Å². The molecule has 0 amide bonds. The third-order valence-electron chi connectivity index (χ3n) is 3.14. The van der Waals surface area contributed by atoms with Gasteiger partial charge in [0.2, 0.25) is 0 Å². The third kappa shape index (κ3) is 2.84. The second-order valence-electron chi connectivity index (χ2n) is 4.48. The Morgan fingerprint density at radius 2 is 2.30 bits per heavy atom. The first kappa shape index (κ1) is 15.0. The van der Waals surface area contributed by atoms with Gasteiger partial charge >= 0.3 is 0 Å². The summed E-state index contributed by atoms with van der Waals surface area (Å²) in [5.74, 6) is 0.688. The summed E-state index contributed by atoms with van der Waals surface area (Å²) in [7, 11) is 3.32. The lowest BCUT2D eigenvalue weighted by Crippen LogP contribution is -2.39. The number of nitrogens with zero attached hydrogens (tertiary/aromatic N) is 3. The quantitative estimate of drug-likeness (QED) is 0.694. The number of rotatable bonds is 8. The molecule has 2 heterocycles. The summed E-state index contributed by atoms with van der Waals surface area (Å²) in [5.41, 5.74) is 0.570. The molecule has 0 bridgehead atoms. The van der Waals surface area contributed by atoms with Crippen LogP contribution in [0.25, 0.3) is 4.96 Å². The lowest BCUT2D eigenvalue weighted by molar-refractivity contribution is 0.111. The van der Waals surface area contributed by atoms with Crippen molar-refractivity contribution in [2.45, 2.75) is 13.0 Å². The minimum absolute atomic E-state index is 0.110. The van der Waals surface area contributed by atoms with Crippen LogP contribution < -0.4 is 4.90 Å². The van der Waals surface area contributed by atoms with Gasteiger partial charge in [-0.05, 0) is 6.92 Å². The van der Waals surface area contributed by atoms with E-state index < -0.39 is 0 Å². The van der Waals surface area contributed by atoms with Crippen LogP contribution in [-0.4, -0.2) is 55.7 Å². The van der Waals surface area contributed by atoms with E-state index in [1.54, 1.807) is 14.2 Å². The Hall–Kier alpha value is -1.44. The van der Waals surface area contributed by atoms with Crippen LogP contribution in [0.3, 0.4) is 0 Å². The van der Waals surface area contributed by atoms with Gasteiger partial charge in [0.05, 0.1) is 19.3 Å². The fourth-order valence-electron chi connectivity index (χ4n) is 2.17. The van der Waals surface area contributed by atoms with Gasteiger partial charge < -0.3 is 14.4 Å². The van der Waals surface area contributed by atoms with Gasteiger partial charge in [0.15, 0.2) is 17.1 Å². The molecular formula is C13H19N3O3S. The number of aromatic nitrogens is 2. The molecule has 20 heavy (non-hydrogen) atoms. The standard InChI is InChI=1S/C13H19N3O3S/c1-10(9-19-3)15(4-6-18-2)12-11(8-17)16-5-7-20-13(16)14-12/h5,7-8,10H,4,6,9H2,1-3H3. The number of methoxy groups -OCH3 is 2. The van der Waals surface area contributed by atoms with E-state index in [4.69, 9.17) is 9.47 Å². The maximum Gasteiger partial charge on any atom is 0.196 e. The first-order valence-electron chi connectivity index (χ1n) is 6.38. The van der Waals surface area contributed by atoms with Gasteiger partial charge in [0, 0.05) is 32.3 Å². The van der Waals surface area contributed by atoms with Gasteiger partial charge in [0.25, 0.3) is 0 Å². The predicted octanol–water partition coefficient (Wildman–Crippen LogP) is 1.70. The Kier molecular flexibility index (Phi) is 5.11. The Morgan fingerprint density at radius 3 is 2.95 bits per heavy atom. The van der Waals surface area contributed by atoms with E-state index in [0.717, 1.165) is 11.2 Å². The summed E-state index contributed by atoms with van der Waals surface area (Å²) in [6.07, 6.45) is 2.71. The fourth-order valence-corrected chi connectivity index (χ4v) is 2.88. The molecule has 2 rings (SSSR count). The Balaban J connectivity index is 2.38. The number of fused-ring (bicyclic) bond motifs is 1. The smallest absolute Gasteiger partial charge is 0.196 e. The van der Waals surface area contributed by atoms with Gasteiger partial charge in [0.1, 0.15) is 5.69 Å². The molecule has 2 aromatic rings. The monoisotopic (exact) mass is 297 g/mol. The molecule has 0 N–H and O–H groups in total. The molecule has 0 fully saturated rings. The summed E-state index contributed by atoms with van der Waals surface area (Å²) in [5, 5.41) is 1.91. The second kappa shape index (κ2) is 6.83. The molecule has 0 aliphatic carbocycles. The second-order valence-corrected chi connectivity index (χ2v) is 5.36. The Bertz CT molecular complexity index is 566. The highest BCUT2D eigenvalue weighted by atomic mass is 32.1. The largest absolute Gasteiger partial charge is 0.383 e. The minimum Gasteiger partial charge on any atom is -0.383 e. The zero-order valence-corrected chi connectivity index (χ0v) is 12.7. The van der Waals surface area contributed by atoms with Gasteiger partial charge in [-0.1, -0.05) is 0 Å². The molecule has 0 radical (unpaired) electrons. The van der Waals surface area contributed by atoms with Crippen molar-refractivity contribution < 1.29 is 14.3 Å². The number of imidazole rings is 1. The van der Waals surface area contributed by atoms with E-state index in [1.807, 2.05) is 22.9 Å². The summed E-state index contributed by atoms with van der Waals surface area (Å²) in [6, 6.07) is 0.110. The Labute approximate surface area is 121 Å². The predicted molar refractivity (Wildman–Crippen MR) is 79.0 cm³/mol. The molecule has 0 aromatic carbocycles. The minimum atomic E-state index is 0.110. The zero-order valence-electron chi connectivity index (χ0n) is 11.9. The molecule has 1 unspecified atom stereocenters. The summed E-state index contributed by atoms with van der Waals surface area (Å²) < 4.78 is 12.2. The van der Waals surface area contributed by atoms with Crippen LogP contribution in [0.2, 0.25) is 0 Å². The number of hydrogen-bond donors (Lipinski definition) is 0. The average molecular weight is 297 g/mol. The lowest BCUT2D eigenvalue weighted by Gasteiger charge is -2.29. The highest BCUT2D eigenvalue weighted by molar-refractivity contribution is 7.15. The van der Waals surface area contributed by atoms with Crippen LogP contribution in [0.4, 0.5) is 5.82 Å². The molecule has 0 saturated heterocycles. The molecule has 0 aliphatic heterocycles. The molecule has 0 aliphatic rings. The molecule has 110 valence electrons. The molecule has 2 aromatic heterocycles. The maximum absolute atomic E-state index is 11.4. The Morgan fingerprint density at radius 1 is 1.50 bits per heavy atom. The van der Waals surface area contributed by atoms with Crippen LogP contribution in [0.1, 0.15) is 17.4 Å². The van der Waals surface area contributed by atoms with E-state index in [-0.39, 0.29) is 6.04 Å². The molecule has 1 atom stereocenters. The van der Waals surface area contributed by atoms with Crippen molar-refractivity contribution >= 4 is 28.4 Å². The third-order valence-corrected chi connectivity index (χ3v) is 3.90. The first-order chi connectivity index (χ1) is 9.72. The van der Waals surface area contributed by atoms with E-state index >= 15 is 0 Å². The van der Waals surface area contributed by atoms with Crippen LogP contribution in [0.15, 0.2) is 11.6 Å². The number of carbonyl (C=O) groups excluding carboxylic acids is 1. The lowest BCUT2D eigenvalue weighted by atomic mass is 10.2. The highest BCUT2D eigenvalue weighted by Gasteiger charge is 2.22. The molecule has 0 saturated carbocycles. The number of carbonyl (C=O) groups is 1. The van der Waals surface area contributed by atoms with E-state index in [0.29, 0.717) is 31.3 Å². The van der Waals surface area contributed by atoms with E-state index in [1.165, 1.54) is 11.3 Å². The van der Waals surface area contributed by atoms with Gasteiger partial charge in [-0.25, -0.2) is 4.98 Å². The van der Waals surface area contributed by atoms with Crippen LogP contribution in [0.5, 0.6) is 0 Å². The van der Waals surface area contributed by atoms with Crippen molar-refractivity contribution in [3.05, 3.63) is 17.3 Å². The topological polar surface area (TPSA) is 56.1 Å². The van der Waals surface area contributed by atoms with Crippen molar-refractivity contribution in [2.24, 2.45) is 0 Å². The summed E-state index contributed by atoms with van der Waals surface area (Å²) in [6.45, 7) is 3.83. The van der Waals surface area contributed by atoms with E-state index in [9.17, 15) is 4.79 Å². The SMILES string of the molecule is COCCN(c1nc2sccn2c1C=O)C(C)COC.